The van der Waals surface area contributed by atoms with E-state index in [9.17, 15) is 4.79 Å². The average Bonchev–Trinajstić information content (AvgIpc) is 3.26. The van der Waals surface area contributed by atoms with Crippen LogP contribution in [0.5, 0.6) is 0 Å². The van der Waals surface area contributed by atoms with E-state index in [4.69, 9.17) is 11.4 Å². The summed E-state index contributed by atoms with van der Waals surface area (Å²) in [6, 6.07) is 11.7. The molecular weight excluding hydrogens is 360 g/mol. The third kappa shape index (κ3) is 2.94. The van der Waals surface area contributed by atoms with Crippen LogP contribution >= 0.6 is 0 Å². The fourth-order valence-corrected chi connectivity index (χ4v) is 4.30. The minimum absolute atomic E-state index is 0.162. The molecule has 2 aromatic carbocycles. The molecule has 5 heteroatoms. The van der Waals surface area contributed by atoms with Gasteiger partial charge in [-0.1, -0.05) is 18.1 Å². The Morgan fingerprint density at radius 1 is 1.10 bits per heavy atom. The maximum atomic E-state index is 12.1. The zero-order valence-corrected chi connectivity index (χ0v) is 16.0. The minimum atomic E-state index is -0.162. The smallest absolute Gasteiger partial charge is 0.252 e. The number of aromatic nitrogens is 3. The van der Waals surface area contributed by atoms with Crippen LogP contribution < -0.4 is 5.32 Å². The Bertz CT molecular complexity index is 1280. The van der Waals surface area contributed by atoms with Gasteiger partial charge in [-0.2, -0.15) is 5.10 Å². The van der Waals surface area contributed by atoms with Crippen molar-refractivity contribution >= 4 is 27.7 Å². The van der Waals surface area contributed by atoms with E-state index in [0.29, 0.717) is 5.56 Å². The highest BCUT2D eigenvalue weighted by atomic mass is 16.1. The molecule has 0 spiro atoms. The first-order valence-corrected chi connectivity index (χ1v) is 9.86. The highest BCUT2D eigenvalue weighted by molar-refractivity contribution is 6.07. The lowest BCUT2D eigenvalue weighted by Crippen LogP contribution is -2.23. The van der Waals surface area contributed by atoms with Crippen molar-refractivity contribution in [1.82, 2.24) is 20.5 Å². The molecule has 4 aromatic rings. The summed E-state index contributed by atoms with van der Waals surface area (Å²) < 4.78 is 0. The highest BCUT2D eigenvalue weighted by Gasteiger charge is 2.21. The van der Waals surface area contributed by atoms with E-state index in [0.717, 1.165) is 40.5 Å². The van der Waals surface area contributed by atoms with Crippen molar-refractivity contribution < 1.29 is 4.79 Å². The molecule has 29 heavy (non-hydrogen) atoms. The van der Waals surface area contributed by atoms with Crippen LogP contribution in [0.3, 0.4) is 0 Å². The number of rotatable bonds is 3. The van der Waals surface area contributed by atoms with E-state index >= 15 is 0 Å². The SMILES string of the molecule is C#CCNC(=O)c1ccc(-c2nc3ccc4[nH]ncc4c3c3c2CCCC3)cc1. The molecule has 5 rings (SSSR count). The summed E-state index contributed by atoms with van der Waals surface area (Å²) in [4.78, 5) is 17.2. The Kier molecular flexibility index (Phi) is 4.25. The van der Waals surface area contributed by atoms with Crippen LogP contribution in [0, 0.1) is 12.3 Å². The van der Waals surface area contributed by atoms with Crippen molar-refractivity contribution in [1.29, 1.82) is 0 Å². The largest absolute Gasteiger partial charge is 0.341 e. The molecule has 2 heterocycles. The van der Waals surface area contributed by atoms with Gasteiger partial charge in [0.05, 0.1) is 29.5 Å². The predicted octanol–water partition coefficient (Wildman–Crippen LogP) is 4.02. The van der Waals surface area contributed by atoms with Gasteiger partial charge >= 0.3 is 0 Å². The fourth-order valence-electron chi connectivity index (χ4n) is 4.30. The van der Waals surface area contributed by atoms with Crippen molar-refractivity contribution in [2.45, 2.75) is 25.7 Å². The van der Waals surface area contributed by atoms with Gasteiger partial charge in [-0.15, -0.1) is 6.42 Å². The van der Waals surface area contributed by atoms with Crippen LogP contribution in [0.15, 0.2) is 42.6 Å². The van der Waals surface area contributed by atoms with Crippen LogP contribution in [0.4, 0.5) is 0 Å². The van der Waals surface area contributed by atoms with E-state index in [-0.39, 0.29) is 12.5 Å². The molecule has 1 aliphatic carbocycles. The van der Waals surface area contributed by atoms with Crippen LogP contribution in [0.2, 0.25) is 0 Å². The van der Waals surface area contributed by atoms with Crippen LogP contribution in [-0.4, -0.2) is 27.6 Å². The second-order valence-electron chi connectivity index (χ2n) is 7.38. The first-order valence-electron chi connectivity index (χ1n) is 9.86. The second kappa shape index (κ2) is 7.06. The number of pyridine rings is 1. The maximum Gasteiger partial charge on any atom is 0.252 e. The Hall–Kier alpha value is -3.65. The van der Waals surface area contributed by atoms with Crippen LogP contribution in [0.1, 0.15) is 34.3 Å². The van der Waals surface area contributed by atoms with Gasteiger partial charge in [0.25, 0.3) is 5.91 Å². The van der Waals surface area contributed by atoms with E-state index in [1.165, 1.54) is 29.4 Å². The molecule has 0 saturated heterocycles. The average molecular weight is 380 g/mol. The molecule has 0 atom stereocenters. The summed E-state index contributed by atoms with van der Waals surface area (Å²) in [5.41, 5.74) is 7.39. The lowest BCUT2D eigenvalue weighted by Gasteiger charge is -2.22. The Morgan fingerprint density at radius 3 is 2.69 bits per heavy atom. The third-order valence-electron chi connectivity index (χ3n) is 5.66. The van der Waals surface area contributed by atoms with Gasteiger partial charge in [-0.25, -0.2) is 4.98 Å². The molecule has 2 aromatic heterocycles. The Labute approximate surface area is 168 Å². The molecule has 0 fully saturated rings. The number of aryl methyl sites for hydroxylation is 1. The molecule has 142 valence electrons. The number of hydrogen-bond donors (Lipinski definition) is 2. The maximum absolute atomic E-state index is 12.1. The second-order valence-corrected chi connectivity index (χ2v) is 7.38. The summed E-state index contributed by atoms with van der Waals surface area (Å²) >= 11 is 0. The van der Waals surface area contributed by atoms with Gasteiger partial charge in [0, 0.05) is 21.9 Å². The molecule has 1 aliphatic rings. The molecule has 0 unspecified atom stereocenters. The summed E-state index contributed by atoms with van der Waals surface area (Å²) in [6.45, 7) is 0.225. The molecule has 0 radical (unpaired) electrons. The number of hydrogen-bond acceptors (Lipinski definition) is 3. The van der Waals surface area contributed by atoms with Gasteiger partial charge in [0.2, 0.25) is 0 Å². The molecule has 0 aliphatic heterocycles. The normalized spacial score (nSPS) is 13.2. The number of amides is 1. The van der Waals surface area contributed by atoms with Crippen molar-refractivity contribution in [2.75, 3.05) is 6.54 Å². The number of aromatic amines is 1. The number of fused-ring (bicyclic) bond motifs is 5. The monoisotopic (exact) mass is 380 g/mol. The van der Waals surface area contributed by atoms with E-state index in [1.807, 2.05) is 36.5 Å². The van der Waals surface area contributed by atoms with Gasteiger partial charge in [-0.3, -0.25) is 9.89 Å². The number of carbonyl (C=O) groups excluding carboxylic acids is 1. The standard InChI is InChI=1S/C24H20N4O/c1-2-13-25-24(29)16-9-7-15(8-10-16)23-18-6-4-3-5-17(18)22-19-14-26-28-20(19)11-12-21(22)27-23/h1,7-12,14H,3-6,13H2,(H,25,29)(H,26,28). The number of benzene rings is 2. The Morgan fingerprint density at radius 2 is 1.90 bits per heavy atom. The van der Waals surface area contributed by atoms with Crippen molar-refractivity contribution in [2.24, 2.45) is 0 Å². The van der Waals surface area contributed by atoms with Gasteiger partial charge in [0.1, 0.15) is 0 Å². The van der Waals surface area contributed by atoms with Crippen LogP contribution in [0.25, 0.3) is 33.1 Å². The van der Waals surface area contributed by atoms with E-state index in [2.05, 4.69) is 27.5 Å². The number of carbonyl (C=O) groups is 1. The van der Waals surface area contributed by atoms with Crippen LogP contribution in [-0.2, 0) is 12.8 Å². The fraction of sp³-hybridized carbons (Fsp3) is 0.208. The van der Waals surface area contributed by atoms with E-state index < -0.39 is 0 Å². The van der Waals surface area contributed by atoms with Crippen molar-refractivity contribution in [3.05, 3.63) is 59.3 Å². The van der Waals surface area contributed by atoms with Gasteiger partial charge in [0.15, 0.2) is 0 Å². The lowest BCUT2D eigenvalue weighted by molar-refractivity contribution is 0.0958. The highest BCUT2D eigenvalue weighted by Crippen LogP contribution is 2.37. The zero-order valence-electron chi connectivity index (χ0n) is 16.0. The third-order valence-corrected chi connectivity index (χ3v) is 5.66. The lowest BCUT2D eigenvalue weighted by atomic mass is 9.85. The van der Waals surface area contributed by atoms with Crippen molar-refractivity contribution in [3.63, 3.8) is 0 Å². The number of nitrogens with one attached hydrogen (secondary N) is 2. The minimum Gasteiger partial charge on any atom is -0.341 e. The zero-order chi connectivity index (χ0) is 19.8. The molecular formula is C24H20N4O. The van der Waals surface area contributed by atoms with Crippen molar-refractivity contribution in [3.8, 4) is 23.6 Å². The molecule has 0 bridgehead atoms. The number of terminal acetylenes is 1. The summed E-state index contributed by atoms with van der Waals surface area (Å²) in [5, 5.41) is 12.4. The summed E-state index contributed by atoms with van der Waals surface area (Å²) in [7, 11) is 0. The number of H-pyrrole nitrogens is 1. The van der Waals surface area contributed by atoms with Gasteiger partial charge in [-0.05, 0) is 61.1 Å². The molecule has 0 saturated carbocycles. The molecule has 5 nitrogen and oxygen atoms in total. The van der Waals surface area contributed by atoms with E-state index in [1.54, 1.807) is 0 Å². The predicted molar refractivity (Wildman–Crippen MR) is 115 cm³/mol. The summed E-state index contributed by atoms with van der Waals surface area (Å²) in [5.74, 6) is 2.26. The molecule has 1 amide bonds. The Balaban J connectivity index is 1.65. The van der Waals surface area contributed by atoms with Gasteiger partial charge < -0.3 is 5.32 Å². The first-order chi connectivity index (χ1) is 14.3. The quantitative estimate of drug-likeness (QED) is 0.528. The topological polar surface area (TPSA) is 70.7 Å². The molecule has 2 N–H and O–H groups in total. The first kappa shape index (κ1) is 17.4. The number of nitrogens with zero attached hydrogens (tertiary/aromatic N) is 2. The summed E-state index contributed by atoms with van der Waals surface area (Å²) in [6.07, 6.45) is 11.5.